The molecule has 1 atom stereocenters. The van der Waals surface area contributed by atoms with Crippen molar-refractivity contribution in [1.82, 2.24) is 9.55 Å². The predicted molar refractivity (Wildman–Crippen MR) is 130 cm³/mol. The first-order valence-electron chi connectivity index (χ1n) is 11.1. The Kier molecular flexibility index (Phi) is 6.96. The fourth-order valence-corrected chi connectivity index (χ4v) is 4.87. The van der Waals surface area contributed by atoms with E-state index in [1.54, 1.807) is 10.6 Å². The van der Waals surface area contributed by atoms with Crippen LogP contribution in [0.3, 0.4) is 0 Å². The molecule has 2 aromatic carbocycles. The molecule has 0 saturated carbocycles. The Morgan fingerprint density at radius 3 is 2.81 bits per heavy atom. The maximum Gasteiger partial charge on any atom is 0.262 e. The van der Waals surface area contributed by atoms with E-state index in [1.165, 1.54) is 11.8 Å². The normalized spacial score (nSPS) is 16.1. The second-order valence-corrected chi connectivity index (χ2v) is 9.44. The summed E-state index contributed by atoms with van der Waals surface area (Å²) in [6.45, 7) is 7.40. The summed E-state index contributed by atoms with van der Waals surface area (Å²) in [6.07, 6.45) is 1.93. The standard InChI is InChI=1S/C25H29N3O3S/c1-16(2)19-11-6-8-17(3)23(19)27-22(29)15-32-25-26-21-12-5-4-10-20(21)24(30)28(25)14-18-9-7-13-31-18/h4-6,8,10-12,16,18H,7,9,13-15H2,1-3H3,(H,27,29). The van der Waals surface area contributed by atoms with E-state index in [9.17, 15) is 9.59 Å². The summed E-state index contributed by atoms with van der Waals surface area (Å²) in [5.74, 6) is 0.358. The first-order chi connectivity index (χ1) is 15.4. The van der Waals surface area contributed by atoms with Crippen molar-refractivity contribution in [2.45, 2.75) is 57.3 Å². The molecule has 0 aliphatic carbocycles. The zero-order valence-corrected chi connectivity index (χ0v) is 19.6. The summed E-state index contributed by atoms with van der Waals surface area (Å²) in [4.78, 5) is 30.7. The van der Waals surface area contributed by atoms with E-state index in [-0.39, 0.29) is 23.3 Å². The molecule has 1 aliphatic heterocycles. The number of carbonyl (C=O) groups excluding carboxylic acids is 1. The van der Waals surface area contributed by atoms with Gasteiger partial charge < -0.3 is 10.1 Å². The Balaban J connectivity index is 1.57. The Bertz CT molecular complexity index is 1180. The van der Waals surface area contributed by atoms with Crippen LogP contribution in [0.4, 0.5) is 5.69 Å². The van der Waals surface area contributed by atoms with Crippen molar-refractivity contribution in [3.8, 4) is 0 Å². The molecule has 4 rings (SSSR count). The van der Waals surface area contributed by atoms with Gasteiger partial charge in [-0.3, -0.25) is 14.2 Å². The van der Waals surface area contributed by atoms with E-state index in [0.29, 0.717) is 28.5 Å². The number of nitrogens with zero attached hydrogens (tertiary/aromatic N) is 2. The Morgan fingerprint density at radius 1 is 1.25 bits per heavy atom. The van der Waals surface area contributed by atoms with Crippen LogP contribution in [-0.4, -0.2) is 33.9 Å². The number of benzene rings is 2. The van der Waals surface area contributed by atoms with E-state index < -0.39 is 0 Å². The lowest BCUT2D eigenvalue weighted by Crippen LogP contribution is -2.29. The maximum atomic E-state index is 13.2. The number of aromatic nitrogens is 2. The number of nitrogens with one attached hydrogen (secondary N) is 1. The number of hydrogen-bond acceptors (Lipinski definition) is 5. The summed E-state index contributed by atoms with van der Waals surface area (Å²) in [5, 5.41) is 4.21. The van der Waals surface area contributed by atoms with Crippen LogP contribution in [-0.2, 0) is 16.1 Å². The topological polar surface area (TPSA) is 73.2 Å². The van der Waals surface area contributed by atoms with Gasteiger partial charge in [-0.1, -0.05) is 55.9 Å². The number of ether oxygens (including phenoxy) is 1. The number of amides is 1. The number of anilines is 1. The fourth-order valence-electron chi connectivity index (χ4n) is 4.06. The molecule has 1 aromatic heterocycles. The third kappa shape index (κ3) is 4.89. The van der Waals surface area contributed by atoms with E-state index in [4.69, 9.17) is 9.72 Å². The molecule has 1 unspecified atom stereocenters. The van der Waals surface area contributed by atoms with Gasteiger partial charge >= 0.3 is 0 Å². The van der Waals surface area contributed by atoms with Crippen LogP contribution in [0.2, 0.25) is 0 Å². The van der Waals surface area contributed by atoms with Crippen LogP contribution in [0.15, 0.2) is 52.4 Å². The van der Waals surface area contributed by atoms with Crippen molar-refractivity contribution < 1.29 is 9.53 Å². The monoisotopic (exact) mass is 451 g/mol. The first-order valence-corrected chi connectivity index (χ1v) is 12.1. The number of hydrogen-bond donors (Lipinski definition) is 1. The Morgan fingerprint density at radius 2 is 2.06 bits per heavy atom. The summed E-state index contributed by atoms with van der Waals surface area (Å²) in [5.41, 5.74) is 3.58. The number of fused-ring (bicyclic) bond motifs is 1. The van der Waals surface area contributed by atoms with E-state index in [2.05, 4.69) is 19.2 Å². The lowest BCUT2D eigenvalue weighted by atomic mass is 9.98. The third-order valence-corrected chi connectivity index (χ3v) is 6.74. The van der Waals surface area contributed by atoms with Crippen molar-refractivity contribution in [3.05, 3.63) is 63.9 Å². The van der Waals surface area contributed by atoms with Gasteiger partial charge in [0.05, 0.1) is 29.3 Å². The molecule has 168 valence electrons. The van der Waals surface area contributed by atoms with Crippen molar-refractivity contribution in [2.75, 3.05) is 17.7 Å². The van der Waals surface area contributed by atoms with Crippen molar-refractivity contribution in [2.24, 2.45) is 0 Å². The van der Waals surface area contributed by atoms with Crippen LogP contribution in [0.5, 0.6) is 0 Å². The molecule has 0 radical (unpaired) electrons. The molecule has 0 spiro atoms. The quantitative estimate of drug-likeness (QED) is 0.415. The highest BCUT2D eigenvalue weighted by Gasteiger charge is 2.21. The highest BCUT2D eigenvalue weighted by atomic mass is 32.2. The van der Waals surface area contributed by atoms with Crippen LogP contribution in [0, 0.1) is 6.92 Å². The number of para-hydroxylation sites is 2. The molecule has 3 aromatic rings. The molecule has 7 heteroatoms. The first kappa shape index (κ1) is 22.6. The van der Waals surface area contributed by atoms with Gasteiger partial charge in [-0.25, -0.2) is 4.98 Å². The van der Waals surface area contributed by atoms with Gasteiger partial charge in [0.2, 0.25) is 5.91 Å². The molecule has 1 N–H and O–H groups in total. The average molecular weight is 452 g/mol. The highest BCUT2D eigenvalue weighted by Crippen LogP contribution is 2.28. The second kappa shape index (κ2) is 9.88. The van der Waals surface area contributed by atoms with Gasteiger partial charge in [-0.05, 0) is 48.9 Å². The van der Waals surface area contributed by atoms with Gasteiger partial charge in [-0.15, -0.1) is 0 Å². The molecule has 2 heterocycles. The average Bonchev–Trinajstić information content (AvgIpc) is 3.29. The SMILES string of the molecule is Cc1cccc(C(C)C)c1NC(=O)CSc1nc2ccccc2c(=O)n1CC1CCCO1. The van der Waals surface area contributed by atoms with Crippen LogP contribution < -0.4 is 10.9 Å². The summed E-state index contributed by atoms with van der Waals surface area (Å²) < 4.78 is 7.43. The van der Waals surface area contributed by atoms with Crippen molar-refractivity contribution in [3.63, 3.8) is 0 Å². The summed E-state index contributed by atoms with van der Waals surface area (Å²) in [6, 6.07) is 13.4. The molecular formula is C25H29N3O3S. The minimum absolute atomic E-state index is 0.00408. The van der Waals surface area contributed by atoms with Crippen molar-refractivity contribution in [1.29, 1.82) is 0 Å². The van der Waals surface area contributed by atoms with Crippen LogP contribution in [0.25, 0.3) is 10.9 Å². The lowest BCUT2D eigenvalue weighted by molar-refractivity contribution is -0.113. The van der Waals surface area contributed by atoms with Gasteiger partial charge in [0.15, 0.2) is 5.16 Å². The molecule has 6 nitrogen and oxygen atoms in total. The molecule has 32 heavy (non-hydrogen) atoms. The predicted octanol–water partition coefficient (Wildman–Crippen LogP) is 4.74. The fraction of sp³-hybridized carbons (Fsp3) is 0.400. The molecule has 1 fully saturated rings. The maximum absolute atomic E-state index is 13.2. The smallest absolute Gasteiger partial charge is 0.262 e. The molecular weight excluding hydrogens is 422 g/mol. The van der Waals surface area contributed by atoms with Gasteiger partial charge in [0.1, 0.15) is 0 Å². The number of carbonyl (C=O) groups is 1. The van der Waals surface area contributed by atoms with Gasteiger partial charge in [0.25, 0.3) is 5.56 Å². The third-order valence-electron chi connectivity index (χ3n) is 5.76. The number of aryl methyl sites for hydroxylation is 1. The van der Waals surface area contributed by atoms with E-state index in [0.717, 1.165) is 36.3 Å². The molecule has 1 amide bonds. The minimum atomic E-state index is -0.114. The van der Waals surface area contributed by atoms with Gasteiger partial charge in [-0.2, -0.15) is 0 Å². The molecule has 1 saturated heterocycles. The highest BCUT2D eigenvalue weighted by molar-refractivity contribution is 7.99. The van der Waals surface area contributed by atoms with E-state index >= 15 is 0 Å². The summed E-state index contributed by atoms with van der Waals surface area (Å²) >= 11 is 1.29. The molecule has 0 bridgehead atoms. The Labute approximate surface area is 192 Å². The minimum Gasteiger partial charge on any atom is -0.376 e. The zero-order valence-electron chi connectivity index (χ0n) is 18.8. The van der Waals surface area contributed by atoms with Crippen LogP contribution in [0.1, 0.15) is 43.7 Å². The van der Waals surface area contributed by atoms with Crippen LogP contribution >= 0.6 is 11.8 Å². The zero-order chi connectivity index (χ0) is 22.7. The number of rotatable bonds is 7. The van der Waals surface area contributed by atoms with Crippen molar-refractivity contribution >= 4 is 34.3 Å². The summed E-state index contributed by atoms with van der Waals surface area (Å²) in [7, 11) is 0. The Hall–Kier alpha value is -2.64. The largest absolute Gasteiger partial charge is 0.376 e. The molecule has 1 aliphatic rings. The van der Waals surface area contributed by atoms with Gasteiger partial charge in [0, 0.05) is 12.3 Å². The lowest BCUT2D eigenvalue weighted by Gasteiger charge is -2.18. The number of thioether (sulfide) groups is 1. The van der Waals surface area contributed by atoms with E-state index in [1.807, 2.05) is 43.3 Å². The second-order valence-electron chi connectivity index (χ2n) is 8.49.